The molecule has 0 bridgehead atoms. The van der Waals surface area contributed by atoms with Crippen LogP contribution in [0.3, 0.4) is 0 Å². The normalized spacial score (nSPS) is 10.4. The molecule has 12 heavy (non-hydrogen) atoms. The molecule has 0 unspecified atom stereocenters. The fourth-order valence-corrected chi connectivity index (χ4v) is 1.46. The van der Waals surface area contributed by atoms with Gasteiger partial charge in [0.2, 0.25) is 5.16 Å². The summed E-state index contributed by atoms with van der Waals surface area (Å²) in [6.07, 6.45) is 1.50. The number of nitrogen functional groups attached to an aromatic ring is 1. The van der Waals surface area contributed by atoms with Gasteiger partial charge in [0.05, 0.1) is 0 Å². The molecule has 0 saturated heterocycles. The van der Waals surface area contributed by atoms with Gasteiger partial charge < -0.3 is 11.2 Å². The Morgan fingerprint density at radius 3 is 3.17 bits per heavy atom. The standard InChI is InChI=1S/C6H13N5S/c1-2-8-3-4-12-6-10-9-5-11(6)7/h5,8H,2-4,7H2,1H3. The van der Waals surface area contributed by atoms with E-state index < -0.39 is 0 Å². The van der Waals surface area contributed by atoms with Gasteiger partial charge in [-0.25, -0.2) is 4.68 Å². The van der Waals surface area contributed by atoms with Crippen molar-refractivity contribution in [3.63, 3.8) is 0 Å². The van der Waals surface area contributed by atoms with Crippen LogP contribution in [0, 0.1) is 0 Å². The van der Waals surface area contributed by atoms with Crippen LogP contribution < -0.4 is 11.2 Å². The molecule has 6 heteroatoms. The molecule has 1 heterocycles. The predicted octanol–water partition coefficient (Wildman–Crippen LogP) is -0.306. The third-order valence-electron chi connectivity index (χ3n) is 1.30. The summed E-state index contributed by atoms with van der Waals surface area (Å²) in [5, 5.41) is 11.5. The first-order valence-electron chi connectivity index (χ1n) is 3.83. The van der Waals surface area contributed by atoms with Gasteiger partial charge in [-0.15, -0.1) is 10.2 Å². The van der Waals surface area contributed by atoms with E-state index in [2.05, 4.69) is 22.4 Å². The third-order valence-corrected chi connectivity index (χ3v) is 2.26. The summed E-state index contributed by atoms with van der Waals surface area (Å²) < 4.78 is 1.43. The Hall–Kier alpha value is -0.750. The maximum atomic E-state index is 5.51. The summed E-state index contributed by atoms with van der Waals surface area (Å²) >= 11 is 1.60. The maximum absolute atomic E-state index is 5.51. The highest BCUT2D eigenvalue weighted by molar-refractivity contribution is 7.99. The molecule has 0 fully saturated rings. The van der Waals surface area contributed by atoms with Crippen LogP contribution in [-0.2, 0) is 0 Å². The second-order valence-corrected chi connectivity index (χ2v) is 3.28. The third kappa shape index (κ3) is 2.71. The van der Waals surface area contributed by atoms with Gasteiger partial charge in [-0.3, -0.25) is 0 Å². The van der Waals surface area contributed by atoms with Crippen molar-refractivity contribution in [1.82, 2.24) is 20.2 Å². The van der Waals surface area contributed by atoms with Crippen molar-refractivity contribution in [2.45, 2.75) is 12.1 Å². The summed E-state index contributed by atoms with van der Waals surface area (Å²) in [6, 6.07) is 0. The lowest BCUT2D eigenvalue weighted by molar-refractivity contribution is 0.765. The number of nitrogens with zero attached hydrogens (tertiary/aromatic N) is 3. The minimum absolute atomic E-state index is 0.757. The first-order chi connectivity index (χ1) is 5.84. The molecule has 0 aliphatic carbocycles. The van der Waals surface area contributed by atoms with Crippen LogP contribution in [0.15, 0.2) is 11.5 Å². The van der Waals surface area contributed by atoms with E-state index >= 15 is 0 Å². The van der Waals surface area contributed by atoms with Crippen LogP contribution in [0.5, 0.6) is 0 Å². The molecule has 0 saturated carbocycles. The molecule has 0 aliphatic heterocycles. The van der Waals surface area contributed by atoms with Gasteiger partial charge in [0.1, 0.15) is 6.33 Å². The molecule has 0 aromatic carbocycles. The van der Waals surface area contributed by atoms with Crippen molar-refractivity contribution in [3.05, 3.63) is 6.33 Å². The van der Waals surface area contributed by atoms with E-state index in [-0.39, 0.29) is 0 Å². The van der Waals surface area contributed by atoms with Gasteiger partial charge in [0, 0.05) is 12.3 Å². The minimum Gasteiger partial charge on any atom is -0.336 e. The molecule has 3 N–H and O–H groups in total. The Morgan fingerprint density at radius 1 is 1.75 bits per heavy atom. The quantitative estimate of drug-likeness (QED) is 0.376. The first-order valence-corrected chi connectivity index (χ1v) is 4.81. The fourth-order valence-electron chi connectivity index (χ4n) is 0.727. The largest absolute Gasteiger partial charge is 0.336 e. The average molecular weight is 187 g/mol. The molecule has 68 valence electrons. The Labute approximate surface area is 75.7 Å². The zero-order valence-electron chi connectivity index (χ0n) is 7.03. The summed E-state index contributed by atoms with van der Waals surface area (Å²) in [6.45, 7) is 4.04. The summed E-state index contributed by atoms with van der Waals surface area (Å²) in [4.78, 5) is 0. The lowest BCUT2D eigenvalue weighted by Gasteiger charge is -2.00. The smallest absolute Gasteiger partial charge is 0.209 e. The molecule has 0 aliphatic rings. The SMILES string of the molecule is CCNCCSc1nncn1N. The van der Waals surface area contributed by atoms with Gasteiger partial charge >= 0.3 is 0 Å². The Kier molecular flexibility index (Phi) is 3.89. The van der Waals surface area contributed by atoms with E-state index in [0.29, 0.717) is 0 Å². The Morgan fingerprint density at radius 2 is 2.58 bits per heavy atom. The van der Waals surface area contributed by atoms with Gasteiger partial charge in [-0.2, -0.15) is 0 Å². The van der Waals surface area contributed by atoms with Gasteiger partial charge in [0.25, 0.3) is 0 Å². The lowest BCUT2D eigenvalue weighted by atomic mass is 10.7. The molecule has 5 nitrogen and oxygen atoms in total. The van der Waals surface area contributed by atoms with E-state index in [4.69, 9.17) is 5.84 Å². The van der Waals surface area contributed by atoms with Gasteiger partial charge in [-0.05, 0) is 6.54 Å². The highest BCUT2D eigenvalue weighted by atomic mass is 32.2. The molecule has 0 amide bonds. The summed E-state index contributed by atoms with van der Waals surface area (Å²) in [7, 11) is 0. The van der Waals surface area contributed by atoms with Crippen LogP contribution in [0.1, 0.15) is 6.92 Å². The number of aromatic nitrogens is 3. The highest BCUT2D eigenvalue weighted by Gasteiger charge is 1.99. The number of hydrogen-bond acceptors (Lipinski definition) is 5. The second-order valence-electron chi connectivity index (χ2n) is 2.22. The molecular weight excluding hydrogens is 174 g/mol. The summed E-state index contributed by atoms with van der Waals surface area (Å²) in [5.74, 6) is 6.47. The lowest BCUT2D eigenvalue weighted by Crippen LogP contribution is -2.16. The zero-order chi connectivity index (χ0) is 8.81. The molecule has 1 rings (SSSR count). The van der Waals surface area contributed by atoms with Gasteiger partial charge in [-0.1, -0.05) is 18.7 Å². The van der Waals surface area contributed by atoms with Crippen LogP contribution in [-0.4, -0.2) is 33.7 Å². The van der Waals surface area contributed by atoms with E-state index in [0.717, 1.165) is 24.0 Å². The molecule has 0 atom stereocenters. The number of nitrogens with two attached hydrogens (primary N) is 1. The van der Waals surface area contributed by atoms with E-state index in [9.17, 15) is 0 Å². The summed E-state index contributed by atoms with van der Waals surface area (Å²) in [5.41, 5.74) is 0. The maximum Gasteiger partial charge on any atom is 0.209 e. The van der Waals surface area contributed by atoms with E-state index in [1.807, 2.05) is 0 Å². The molecular formula is C6H13N5S. The Bertz CT molecular complexity index is 223. The van der Waals surface area contributed by atoms with E-state index in [1.165, 1.54) is 11.0 Å². The number of rotatable bonds is 5. The number of nitrogens with one attached hydrogen (secondary N) is 1. The monoisotopic (exact) mass is 187 g/mol. The molecule has 1 aromatic heterocycles. The van der Waals surface area contributed by atoms with E-state index in [1.54, 1.807) is 11.8 Å². The topological polar surface area (TPSA) is 68.8 Å². The molecule has 0 radical (unpaired) electrons. The number of hydrogen-bond donors (Lipinski definition) is 2. The van der Waals surface area contributed by atoms with Crippen LogP contribution in [0.2, 0.25) is 0 Å². The van der Waals surface area contributed by atoms with Crippen molar-refractivity contribution in [2.24, 2.45) is 0 Å². The van der Waals surface area contributed by atoms with Crippen LogP contribution in [0.25, 0.3) is 0 Å². The molecule has 1 aromatic rings. The van der Waals surface area contributed by atoms with Crippen molar-refractivity contribution < 1.29 is 0 Å². The van der Waals surface area contributed by atoms with Crippen molar-refractivity contribution >= 4 is 11.8 Å². The second kappa shape index (κ2) is 5.00. The fraction of sp³-hybridized carbons (Fsp3) is 0.667. The van der Waals surface area contributed by atoms with Crippen LogP contribution in [0.4, 0.5) is 0 Å². The number of thioether (sulfide) groups is 1. The zero-order valence-corrected chi connectivity index (χ0v) is 7.84. The van der Waals surface area contributed by atoms with Crippen molar-refractivity contribution in [3.8, 4) is 0 Å². The van der Waals surface area contributed by atoms with Crippen molar-refractivity contribution in [2.75, 3.05) is 24.7 Å². The van der Waals surface area contributed by atoms with Gasteiger partial charge in [0.15, 0.2) is 0 Å². The predicted molar refractivity (Wildman–Crippen MR) is 49.4 cm³/mol. The Balaban J connectivity index is 2.20. The first kappa shape index (κ1) is 9.34. The average Bonchev–Trinajstić information content (AvgIpc) is 2.46. The van der Waals surface area contributed by atoms with Crippen molar-refractivity contribution in [1.29, 1.82) is 0 Å². The minimum atomic E-state index is 0.757. The molecule has 0 spiro atoms. The van der Waals surface area contributed by atoms with Crippen LogP contribution >= 0.6 is 11.8 Å². The highest BCUT2D eigenvalue weighted by Crippen LogP contribution is 2.10.